The Kier molecular flexibility index (Phi) is 7.64. The highest BCUT2D eigenvalue weighted by Gasteiger charge is 2.33. The molecule has 0 aliphatic heterocycles. The third-order valence-corrected chi connectivity index (χ3v) is 7.14. The number of aromatic amines is 1. The molecule has 2 aromatic heterocycles. The fourth-order valence-electron chi connectivity index (χ4n) is 4.92. The first kappa shape index (κ1) is 26.8. The van der Waals surface area contributed by atoms with Crippen LogP contribution >= 0.6 is 11.6 Å². The Morgan fingerprint density at radius 2 is 1.72 bits per heavy atom. The molecule has 0 aliphatic rings. The molecule has 0 saturated heterocycles. The van der Waals surface area contributed by atoms with Crippen molar-refractivity contribution < 1.29 is 0 Å². The minimum Gasteiger partial charge on any atom is -0.322 e. The SMILES string of the molecule is Cc1ccc2cc([C@H](c3nnnn3C(C)(C)C)N(CCc3ccccc3)Cc3ccc(Cl)cc3)c(=O)[nH]c2c1. The molecule has 0 radical (unpaired) electrons. The summed E-state index contributed by atoms with van der Waals surface area (Å²) >= 11 is 6.20. The summed E-state index contributed by atoms with van der Waals surface area (Å²) in [7, 11) is 0. The zero-order valence-corrected chi connectivity index (χ0v) is 23.5. The van der Waals surface area contributed by atoms with Gasteiger partial charge in [0.15, 0.2) is 5.82 Å². The maximum atomic E-state index is 13.7. The van der Waals surface area contributed by atoms with Crippen LogP contribution in [0.5, 0.6) is 0 Å². The average molecular weight is 541 g/mol. The van der Waals surface area contributed by atoms with Crippen molar-refractivity contribution >= 4 is 22.5 Å². The standard InChI is InChI=1S/C31H33ClN6O/c1-21-10-13-24-19-26(30(39)33-27(24)18-21)28(29-34-35-36-38(29)31(2,3)4)37(17-16-22-8-6-5-7-9-22)20-23-11-14-25(32)15-12-23/h5-15,18-19,28H,16-17,20H2,1-4H3,(H,33,39)/t28-/m1/s1. The molecular formula is C31H33ClN6O. The van der Waals surface area contributed by atoms with E-state index in [9.17, 15) is 4.79 Å². The Hall–Kier alpha value is -3.81. The van der Waals surface area contributed by atoms with Gasteiger partial charge in [0.25, 0.3) is 5.56 Å². The highest BCUT2D eigenvalue weighted by atomic mass is 35.5. The van der Waals surface area contributed by atoms with Gasteiger partial charge >= 0.3 is 0 Å². The summed E-state index contributed by atoms with van der Waals surface area (Å²) in [5.41, 5.74) is 4.27. The van der Waals surface area contributed by atoms with Crippen LogP contribution in [0.3, 0.4) is 0 Å². The van der Waals surface area contributed by atoms with Crippen molar-refractivity contribution in [2.45, 2.75) is 52.2 Å². The summed E-state index contributed by atoms with van der Waals surface area (Å²) in [6.07, 6.45) is 0.798. The van der Waals surface area contributed by atoms with Crippen LogP contribution in [0, 0.1) is 6.92 Å². The molecule has 0 unspecified atom stereocenters. The van der Waals surface area contributed by atoms with Crippen molar-refractivity contribution in [3.05, 3.63) is 122 Å². The van der Waals surface area contributed by atoms with E-state index < -0.39 is 6.04 Å². The molecule has 0 saturated carbocycles. The minimum atomic E-state index is -0.493. The quantitative estimate of drug-likeness (QED) is 0.258. The predicted octanol–water partition coefficient (Wildman–Crippen LogP) is 6.07. The van der Waals surface area contributed by atoms with Gasteiger partial charge in [-0.15, -0.1) is 5.10 Å². The van der Waals surface area contributed by atoms with E-state index in [1.54, 1.807) is 0 Å². The van der Waals surface area contributed by atoms with E-state index in [2.05, 4.69) is 64.4 Å². The Labute approximate surface area is 233 Å². The third-order valence-electron chi connectivity index (χ3n) is 6.89. The maximum Gasteiger partial charge on any atom is 0.253 e. The van der Waals surface area contributed by atoms with Crippen LogP contribution in [-0.4, -0.2) is 36.6 Å². The van der Waals surface area contributed by atoms with Gasteiger partial charge < -0.3 is 4.98 Å². The molecule has 7 nitrogen and oxygen atoms in total. The van der Waals surface area contributed by atoms with E-state index in [4.69, 9.17) is 11.6 Å². The normalized spacial score (nSPS) is 12.8. The first-order valence-electron chi connectivity index (χ1n) is 13.1. The molecule has 8 heteroatoms. The average Bonchev–Trinajstić information content (AvgIpc) is 3.40. The summed E-state index contributed by atoms with van der Waals surface area (Å²) in [5, 5.41) is 14.6. The second kappa shape index (κ2) is 11.1. The van der Waals surface area contributed by atoms with Gasteiger partial charge in [-0.1, -0.05) is 66.2 Å². The summed E-state index contributed by atoms with van der Waals surface area (Å²) in [6.45, 7) is 9.46. The zero-order chi connectivity index (χ0) is 27.6. The summed E-state index contributed by atoms with van der Waals surface area (Å²) in [4.78, 5) is 19.1. The minimum absolute atomic E-state index is 0.151. The van der Waals surface area contributed by atoms with Crippen molar-refractivity contribution in [3.8, 4) is 0 Å². The van der Waals surface area contributed by atoms with Crippen LogP contribution in [-0.2, 0) is 18.5 Å². The number of benzene rings is 3. The summed E-state index contributed by atoms with van der Waals surface area (Å²) in [5.74, 6) is 0.626. The molecule has 5 aromatic rings. The first-order valence-corrected chi connectivity index (χ1v) is 13.5. The fourth-order valence-corrected chi connectivity index (χ4v) is 5.04. The molecule has 0 spiro atoms. The second-order valence-corrected chi connectivity index (χ2v) is 11.4. The van der Waals surface area contributed by atoms with Crippen molar-refractivity contribution in [1.82, 2.24) is 30.1 Å². The summed E-state index contributed by atoms with van der Waals surface area (Å²) < 4.78 is 1.83. The molecule has 0 fully saturated rings. The Balaban J connectivity index is 1.68. The maximum absolute atomic E-state index is 13.7. The lowest BCUT2D eigenvalue weighted by atomic mass is 10.00. The molecule has 2 heterocycles. The molecular weight excluding hydrogens is 508 g/mol. The lowest BCUT2D eigenvalue weighted by Gasteiger charge is -2.33. The topological polar surface area (TPSA) is 79.7 Å². The molecule has 1 N–H and O–H groups in total. The van der Waals surface area contributed by atoms with Gasteiger partial charge in [0, 0.05) is 29.2 Å². The molecule has 3 aromatic carbocycles. The van der Waals surface area contributed by atoms with Crippen molar-refractivity contribution in [2.75, 3.05) is 6.54 Å². The molecule has 39 heavy (non-hydrogen) atoms. The second-order valence-electron chi connectivity index (χ2n) is 11.0. The number of halogens is 1. The number of nitrogens with one attached hydrogen (secondary N) is 1. The lowest BCUT2D eigenvalue weighted by Crippen LogP contribution is -2.38. The van der Waals surface area contributed by atoms with Gasteiger partial charge in [0.1, 0.15) is 6.04 Å². The number of rotatable bonds is 8. The van der Waals surface area contributed by atoms with E-state index in [0.717, 1.165) is 28.5 Å². The van der Waals surface area contributed by atoms with E-state index >= 15 is 0 Å². The third kappa shape index (κ3) is 6.10. The number of tetrazole rings is 1. The Morgan fingerprint density at radius 3 is 2.44 bits per heavy atom. The van der Waals surface area contributed by atoms with Crippen molar-refractivity contribution in [3.63, 3.8) is 0 Å². The lowest BCUT2D eigenvalue weighted by molar-refractivity contribution is 0.195. The number of fused-ring (bicyclic) bond motifs is 1. The number of hydrogen-bond acceptors (Lipinski definition) is 5. The highest BCUT2D eigenvalue weighted by molar-refractivity contribution is 6.30. The van der Waals surface area contributed by atoms with Crippen LogP contribution in [0.2, 0.25) is 5.02 Å². The smallest absolute Gasteiger partial charge is 0.253 e. The molecule has 0 aliphatic carbocycles. The van der Waals surface area contributed by atoms with Crippen LogP contribution in [0.15, 0.2) is 83.7 Å². The van der Waals surface area contributed by atoms with E-state index in [1.165, 1.54) is 5.56 Å². The number of aryl methyl sites for hydroxylation is 1. The van der Waals surface area contributed by atoms with Gasteiger partial charge in [-0.3, -0.25) is 9.69 Å². The molecule has 200 valence electrons. The molecule has 1 atom stereocenters. The number of H-pyrrole nitrogens is 1. The van der Waals surface area contributed by atoms with Crippen LogP contribution in [0.1, 0.15) is 54.9 Å². The monoisotopic (exact) mass is 540 g/mol. The first-order chi connectivity index (χ1) is 18.7. The molecule has 0 bridgehead atoms. The number of aromatic nitrogens is 5. The predicted molar refractivity (Wildman–Crippen MR) is 156 cm³/mol. The van der Waals surface area contributed by atoms with Gasteiger partial charge in [-0.25, -0.2) is 4.68 Å². The van der Waals surface area contributed by atoms with Gasteiger partial charge in [-0.2, -0.15) is 0 Å². The largest absolute Gasteiger partial charge is 0.322 e. The van der Waals surface area contributed by atoms with Gasteiger partial charge in [0.05, 0.1) is 5.54 Å². The highest BCUT2D eigenvalue weighted by Crippen LogP contribution is 2.31. The Bertz CT molecular complexity index is 1620. The van der Waals surface area contributed by atoms with Gasteiger partial charge in [-0.05, 0) is 90.9 Å². The fraction of sp³-hybridized carbons (Fsp3) is 0.290. The van der Waals surface area contributed by atoms with E-state index in [0.29, 0.717) is 29.5 Å². The number of nitrogens with zero attached hydrogens (tertiary/aromatic N) is 5. The Morgan fingerprint density at radius 1 is 0.974 bits per heavy atom. The van der Waals surface area contributed by atoms with Crippen LogP contribution < -0.4 is 5.56 Å². The van der Waals surface area contributed by atoms with Crippen molar-refractivity contribution in [1.29, 1.82) is 0 Å². The van der Waals surface area contributed by atoms with Crippen LogP contribution in [0.25, 0.3) is 10.9 Å². The van der Waals surface area contributed by atoms with Gasteiger partial charge in [0.2, 0.25) is 0 Å². The van der Waals surface area contributed by atoms with Crippen LogP contribution in [0.4, 0.5) is 0 Å². The van der Waals surface area contributed by atoms with Crippen molar-refractivity contribution in [2.24, 2.45) is 0 Å². The molecule has 5 rings (SSSR count). The number of pyridine rings is 1. The molecule has 0 amide bonds. The number of hydrogen-bond donors (Lipinski definition) is 1. The zero-order valence-electron chi connectivity index (χ0n) is 22.7. The van der Waals surface area contributed by atoms with E-state index in [-0.39, 0.29) is 11.1 Å². The summed E-state index contributed by atoms with van der Waals surface area (Å²) in [6, 6.07) is 25.8. The van der Waals surface area contributed by atoms with E-state index in [1.807, 2.05) is 72.3 Å².